The number of anilines is 2. The molecular formula is C24H29N5O2. The van der Waals surface area contributed by atoms with Gasteiger partial charge in [-0.3, -0.25) is 9.59 Å². The van der Waals surface area contributed by atoms with Crippen molar-refractivity contribution in [3.05, 3.63) is 54.2 Å². The molecule has 7 nitrogen and oxygen atoms in total. The first-order valence-electron chi connectivity index (χ1n) is 10.9. The number of nitriles is 1. The molecule has 2 amide bonds. The van der Waals surface area contributed by atoms with Crippen molar-refractivity contribution in [2.45, 2.75) is 45.1 Å². The normalized spacial score (nSPS) is 13.3. The van der Waals surface area contributed by atoms with Gasteiger partial charge in [0, 0.05) is 50.9 Å². The number of carbonyl (C=O) groups excluding carboxylic acids is 2. The van der Waals surface area contributed by atoms with Gasteiger partial charge in [0.1, 0.15) is 5.82 Å². The van der Waals surface area contributed by atoms with Crippen LogP contribution in [0.5, 0.6) is 0 Å². The summed E-state index contributed by atoms with van der Waals surface area (Å²) < 4.78 is 0. The monoisotopic (exact) mass is 419 g/mol. The molecule has 162 valence electrons. The Morgan fingerprint density at radius 1 is 1.06 bits per heavy atom. The summed E-state index contributed by atoms with van der Waals surface area (Å²) in [4.78, 5) is 33.3. The minimum Gasteiger partial charge on any atom is -0.357 e. The largest absolute Gasteiger partial charge is 0.357 e. The minimum absolute atomic E-state index is 0.0955. The fourth-order valence-corrected chi connectivity index (χ4v) is 3.64. The molecule has 0 aliphatic carbocycles. The van der Waals surface area contributed by atoms with Crippen molar-refractivity contribution < 1.29 is 9.59 Å². The van der Waals surface area contributed by atoms with Crippen molar-refractivity contribution in [2.24, 2.45) is 0 Å². The highest BCUT2D eigenvalue weighted by Gasteiger charge is 2.17. The van der Waals surface area contributed by atoms with Crippen LogP contribution in [-0.2, 0) is 16.1 Å². The number of aromatic nitrogens is 1. The number of benzene rings is 1. The van der Waals surface area contributed by atoms with Crippen molar-refractivity contribution in [3.63, 3.8) is 0 Å². The van der Waals surface area contributed by atoms with Gasteiger partial charge in [0.25, 0.3) is 0 Å². The SMILES string of the molecule is N#CCCN(C(=O)CCC(=O)NCc1ccc(N2CCCCC2)nc1)c1ccccc1. The lowest BCUT2D eigenvalue weighted by Gasteiger charge is -2.27. The Morgan fingerprint density at radius 2 is 1.84 bits per heavy atom. The van der Waals surface area contributed by atoms with Gasteiger partial charge in [-0.05, 0) is 43.0 Å². The maximum atomic E-state index is 12.6. The Bertz CT molecular complexity index is 886. The van der Waals surface area contributed by atoms with Crippen molar-refractivity contribution >= 4 is 23.3 Å². The number of amides is 2. The number of para-hydroxylation sites is 1. The van der Waals surface area contributed by atoms with Crippen LogP contribution in [-0.4, -0.2) is 36.4 Å². The van der Waals surface area contributed by atoms with E-state index in [1.54, 1.807) is 11.1 Å². The number of carbonyl (C=O) groups is 2. The first-order valence-corrected chi connectivity index (χ1v) is 10.9. The lowest BCUT2D eigenvalue weighted by atomic mass is 10.1. The van der Waals surface area contributed by atoms with Gasteiger partial charge in [-0.2, -0.15) is 5.26 Å². The third-order valence-corrected chi connectivity index (χ3v) is 5.36. The van der Waals surface area contributed by atoms with E-state index in [-0.39, 0.29) is 31.1 Å². The van der Waals surface area contributed by atoms with E-state index >= 15 is 0 Å². The van der Waals surface area contributed by atoms with Crippen LogP contribution in [0, 0.1) is 11.3 Å². The van der Waals surface area contributed by atoms with Gasteiger partial charge in [-0.15, -0.1) is 0 Å². The second-order valence-corrected chi connectivity index (χ2v) is 7.64. The second-order valence-electron chi connectivity index (χ2n) is 7.64. The van der Waals surface area contributed by atoms with E-state index in [0.717, 1.165) is 30.2 Å². The van der Waals surface area contributed by atoms with Gasteiger partial charge < -0.3 is 15.1 Å². The molecule has 7 heteroatoms. The third-order valence-electron chi connectivity index (χ3n) is 5.36. The number of pyridine rings is 1. The lowest BCUT2D eigenvalue weighted by Crippen LogP contribution is -2.33. The number of hydrogen-bond acceptors (Lipinski definition) is 5. The van der Waals surface area contributed by atoms with Crippen LogP contribution in [0.1, 0.15) is 44.1 Å². The van der Waals surface area contributed by atoms with Crippen LogP contribution in [0.4, 0.5) is 11.5 Å². The van der Waals surface area contributed by atoms with E-state index in [1.807, 2.05) is 42.5 Å². The van der Waals surface area contributed by atoms with Crippen LogP contribution in [0.25, 0.3) is 0 Å². The Morgan fingerprint density at radius 3 is 2.52 bits per heavy atom. The van der Waals surface area contributed by atoms with E-state index in [4.69, 9.17) is 5.26 Å². The maximum Gasteiger partial charge on any atom is 0.227 e. The quantitative estimate of drug-likeness (QED) is 0.673. The van der Waals surface area contributed by atoms with Gasteiger partial charge in [-0.25, -0.2) is 4.98 Å². The van der Waals surface area contributed by atoms with Crippen LogP contribution >= 0.6 is 0 Å². The maximum absolute atomic E-state index is 12.6. The van der Waals surface area contributed by atoms with Gasteiger partial charge in [0.2, 0.25) is 11.8 Å². The van der Waals surface area contributed by atoms with Crippen molar-refractivity contribution in [2.75, 3.05) is 29.4 Å². The van der Waals surface area contributed by atoms with Crippen LogP contribution < -0.4 is 15.1 Å². The van der Waals surface area contributed by atoms with E-state index in [2.05, 4.69) is 21.3 Å². The predicted octanol–water partition coefficient (Wildman–Crippen LogP) is 3.42. The highest BCUT2D eigenvalue weighted by Crippen LogP contribution is 2.18. The van der Waals surface area contributed by atoms with Gasteiger partial charge in [0.05, 0.1) is 12.5 Å². The summed E-state index contributed by atoms with van der Waals surface area (Å²) in [6.07, 6.45) is 5.94. The summed E-state index contributed by atoms with van der Waals surface area (Å²) in [6, 6.07) is 15.3. The van der Waals surface area contributed by atoms with Crippen molar-refractivity contribution in [1.29, 1.82) is 5.26 Å². The Balaban J connectivity index is 1.45. The molecule has 0 unspecified atom stereocenters. The zero-order valence-corrected chi connectivity index (χ0v) is 17.8. The average molecular weight is 420 g/mol. The molecule has 1 aromatic heterocycles. The van der Waals surface area contributed by atoms with Crippen LogP contribution in [0.15, 0.2) is 48.7 Å². The number of nitrogens with zero attached hydrogens (tertiary/aromatic N) is 4. The van der Waals surface area contributed by atoms with Gasteiger partial charge >= 0.3 is 0 Å². The number of nitrogens with one attached hydrogen (secondary N) is 1. The van der Waals surface area contributed by atoms with Crippen LogP contribution in [0.3, 0.4) is 0 Å². The Labute approximate surface area is 183 Å². The molecule has 2 aromatic rings. The average Bonchev–Trinajstić information content (AvgIpc) is 2.83. The molecule has 2 heterocycles. The van der Waals surface area contributed by atoms with E-state index < -0.39 is 0 Å². The van der Waals surface area contributed by atoms with E-state index in [0.29, 0.717) is 13.1 Å². The van der Waals surface area contributed by atoms with Gasteiger partial charge in [-0.1, -0.05) is 24.3 Å². The summed E-state index contributed by atoms with van der Waals surface area (Å²) in [6.45, 7) is 2.80. The Hall–Kier alpha value is -3.40. The highest BCUT2D eigenvalue weighted by atomic mass is 16.2. The fourth-order valence-electron chi connectivity index (χ4n) is 3.64. The Kier molecular flexibility index (Phi) is 8.41. The fraction of sp³-hybridized carbons (Fsp3) is 0.417. The molecule has 1 aliphatic heterocycles. The van der Waals surface area contributed by atoms with E-state index in [1.165, 1.54) is 19.3 Å². The summed E-state index contributed by atoms with van der Waals surface area (Å²) >= 11 is 0. The van der Waals surface area contributed by atoms with Gasteiger partial charge in [0.15, 0.2) is 0 Å². The lowest BCUT2D eigenvalue weighted by molar-refractivity contribution is -0.125. The zero-order valence-electron chi connectivity index (χ0n) is 17.8. The third kappa shape index (κ3) is 6.82. The molecule has 1 saturated heterocycles. The molecule has 1 aliphatic rings. The number of rotatable bonds is 9. The molecule has 1 aromatic carbocycles. The highest BCUT2D eigenvalue weighted by molar-refractivity contribution is 5.95. The molecule has 1 N–H and O–H groups in total. The summed E-state index contributed by atoms with van der Waals surface area (Å²) in [5.41, 5.74) is 1.67. The first kappa shape index (κ1) is 22.3. The molecular weight excluding hydrogens is 390 g/mol. The second kappa shape index (κ2) is 11.7. The molecule has 0 spiro atoms. The minimum atomic E-state index is -0.179. The zero-order chi connectivity index (χ0) is 21.9. The smallest absolute Gasteiger partial charge is 0.227 e. The molecule has 1 fully saturated rings. The summed E-state index contributed by atoms with van der Waals surface area (Å²) in [5, 5.41) is 11.7. The molecule has 31 heavy (non-hydrogen) atoms. The molecule has 0 atom stereocenters. The van der Waals surface area contributed by atoms with E-state index in [9.17, 15) is 9.59 Å². The first-order chi connectivity index (χ1) is 15.2. The molecule has 0 radical (unpaired) electrons. The summed E-state index contributed by atoms with van der Waals surface area (Å²) in [7, 11) is 0. The molecule has 0 bridgehead atoms. The molecule has 3 rings (SSSR count). The standard InChI is InChI=1S/C24H29N5O2/c25-14-7-17-29(21-8-3-1-4-9-21)24(31)13-12-23(30)27-19-20-10-11-22(26-18-20)28-15-5-2-6-16-28/h1,3-4,8-11,18H,2,5-7,12-13,15-17,19H2,(H,27,30). The predicted molar refractivity (Wildman–Crippen MR) is 120 cm³/mol. The number of piperidine rings is 1. The van der Waals surface area contributed by atoms with Crippen molar-refractivity contribution in [1.82, 2.24) is 10.3 Å². The van der Waals surface area contributed by atoms with Crippen LogP contribution in [0.2, 0.25) is 0 Å². The summed E-state index contributed by atoms with van der Waals surface area (Å²) in [5.74, 6) is 0.643. The number of hydrogen-bond donors (Lipinski definition) is 1. The molecule has 0 saturated carbocycles. The topological polar surface area (TPSA) is 89.3 Å². The van der Waals surface area contributed by atoms with Crippen molar-refractivity contribution in [3.8, 4) is 6.07 Å².